The molecule has 0 radical (unpaired) electrons. The molecule has 0 spiro atoms. The summed E-state index contributed by atoms with van der Waals surface area (Å²) in [7, 11) is 1.88. The SMILES string of the molecule is CNCc1nc(CSC2CCCCC2)no1. The van der Waals surface area contributed by atoms with Gasteiger partial charge >= 0.3 is 0 Å². The van der Waals surface area contributed by atoms with E-state index in [1.807, 2.05) is 18.8 Å². The summed E-state index contributed by atoms with van der Waals surface area (Å²) in [5.41, 5.74) is 0. The fourth-order valence-corrected chi connectivity index (χ4v) is 3.16. The zero-order valence-electron chi connectivity index (χ0n) is 9.74. The van der Waals surface area contributed by atoms with Crippen LogP contribution in [0.1, 0.15) is 43.8 Å². The van der Waals surface area contributed by atoms with Crippen molar-refractivity contribution in [3.63, 3.8) is 0 Å². The third-order valence-electron chi connectivity index (χ3n) is 2.84. The molecule has 0 saturated heterocycles. The Morgan fingerprint density at radius 1 is 1.38 bits per heavy atom. The van der Waals surface area contributed by atoms with Gasteiger partial charge in [-0.2, -0.15) is 16.7 Å². The van der Waals surface area contributed by atoms with Crippen LogP contribution in [0.3, 0.4) is 0 Å². The molecule has 1 fully saturated rings. The number of nitrogens with zero attached hydrogens (tertiary/aromatic N) is 2. The smallest absolute Gasteiger partial charge is 0.240 e. The Balaban J connectivity index is 1.75. The Morgan fingerprint density at radius 3 is 2.94 bits per heavy atom. The Morgan fingerprint density at radius 2 is 2.19 bits per heavy atom. The Bertz CT molecular complexity index is 310. The highest BCUT2D eigenvalue weighted by molar-refractivity contribution is 7.99. The Kier molecular flexibility index (Phi) is 4.66. The van der Waals surface area contributed by atoms with Crippen LogP contribution in [0.2, 0.25) is 0 Å². The summed E-state index contributed by atoms with van der Waals surface area (Å²) in [6.07, 6.45) is 6.88. The molecule has 1 aromatic heterocycles. The zero-order chi connectivity index (χ0) is 11.2. The lowest BCUT2D eigenvalue weighted by molar-refractivity contribution is 0.368. The van der Waals surface area contributed by atoms with Gasteiger partial charge in [-0.05, 0) is 19.9 Å². The second kappa shape index (κ2) is 6.25. The van der Waals surface area contributed by atoms with Crippen LogP contribution in [-0.4, -0.2) is 22.4 Å². The van der Waals surface area contributed by atoms with Crippen molar-refractivity contribution in [2.24, 2.45) is 0 Å². The maximum atomic E-state index is 5.11. The molecule has 1 heterocycles. The van der Waals surface area contributed by atoms with Crippen LogP contribution in [0.25, 0.3) is 0 Å². The van der Waals surface area contributed by atoms with Gasteiger partial charge in [0.2, 0.25) is 5.89 Å². The summed E-state index contributed by atoms with van der Waals surface area (Å²) in [6.45, 7) is 0.654. The van der Waals surface area contributed by atoms with Gasteiger partial charge in [0.25, 0.3) is 0 Å². The first kappa shape index (κ1) is 11.9. The van der Waals surface area contributed by atoms with E-state index in [0.29, 0.717) is 12.4 Å². The fraction of sp³-hybridized carbons (Fsp3) is 0.818. The highest BCUT2D eigenvalue weighted by atomic mass is 32.2. The minimum Gasteiger partial charge on any atom is -0.338 e. The molecule has 0 bridgehead atoms. The van der Waals surface area contributed by atoms with Crippen molar-refractivity contribution in [2.45, 2.75) is 49.7 Å². The first-order valence-corrected chi connectivity index (χ1v) is 7.01. The summed E-state index contributed by atoms with van der Waals surface area (Å²) >= 11 is 1.98. The summed E-state index contributed by atoms with van der Waals surface area (Å²) < 4.78 is 5.11. The van der Waals surface area contributed by atoms with E-state index in [1.54, 1.807) is 0 Å². The molecule has 5 heteroatoms. The predicted octanol–water partition coefficient (Wildman–Crippen LogP) is 2.35. The van der Waals surface area contributed by atoms with Gasteiger partial charge in [0.1, 0.15) is 0 Å². The maximum absolute atomic E-state index is 5.11. The number of nitrogens with one attached hydrogen (secondary N) is 1. The van der Waals surface area contributed by atoms with Gasteiger partial charge in [-0.3, -0.25) is 0 Å². The topological polar surface area (TPSA) is 51.0 Å². The van der Waals surface area contributed by atoms with Gasteiger partial charge in [0.15, 0.2) is 5.82 Å². The monoisotopic (exact) mass is 241 g/mol. The quantitative estimate of drug-likeness (QED) is 0.857. The van der Waals surface area contributed by atoms with Gasteiger partial charge in [-0.1, -0.05) is 24.4 Å². The second-order valence-electron chi connectivity index (χ2n) is 4.21. The first-order chi connectivity index (χ1) is 7.88. The van der Waals surface area contributed by atoms with Crippen molar-refractivity contribution in [1.29, 1.82) is 0 Å². The van der Waals surface area contributed by atoms with E-state index in [0.717, 1.165) is 16.8 Å². The highest BCUT2D eigenvalue weighted by Crippen LogP contribution is 2.29. The third kappa shape index (κ3) is 3.49. The molecule has 0 aliphatic heterocycles. The number of thioether (sulfide) groups is 1. The van der Waals surface area contributed by atoms with E-state index in [2.05, 4.69) is 15.5 Å². The summed E-state index contributed by atoms with van der Waals surface area (Å²) in [5, 5.41) is 7.78. The van der Waals surface area contributed by atoms with Gasteiger partial charge in [-0.15, -0.1) is 0 Å². The molecule has 1 aromatic rings. The number of aromatic nitrogens is 2. The molecule has 0 aromatic carbocycles. The summed E-state index contributed by atoms with van der Waals surface area (Å²) in [6, 6.07) is 0. The molecular formula is C11H19N3OS. The van der Waals surface area contributed by atoms with Crippen molar-refractivity contribution in [2.75, 3.05) is 7.05 Å². The maximum Gasteiger partial charge on any atom is 0.240 e. The molecule has 90 valence electrons. The lowest BCUT2D eigenvalue weighted by Crippen LogP contribution is -2.08. The van der Waals surface area contributed by atoms with Crippen molar-refractivity contribution >= 4 is 11.8 Å². The zero-order valence-corrected chi connectivity index (χ0v) is 10.6. The molecule has 4 nitrogen and oxygen atoms in total. The molecule has 2 rings (SSSR count). The Hall–Kier alpha value is -0.550. The Labute approximate surface area is 101 Å². The molecule has 1 N–H and O–H groups in total. The summed E-state index contributed by atoms with van der Waals surface area (Å²) in [4.78, 5) is 4.32. The number of hydrogen-bond acceptors (Lipinski definition) is 5. The van der Waals surface area contributed by atoms with Crippen molar-refractivity contribution < 1.29 is 4.52 Å². The van der Waals surface area contributed by atoms with Crippen molar-refractivity contribution in [3.8, 4) is 0 Å². The van der Waals surface area contributed by atoms with Gasteiger partial charge in [0, 0.05) is 5.25 Å². The van der Waals surface area contributed by atoms with Gasteiger partial charge in [0.05, 0.1) is 12.3 Å². The number of hydrogen-bond donors (Lipinski definition) is 1. The second-order valence-corrected chi connectivity index (χ2v) is 5.49. The van der Waals surface area contributed by atoms with Crippen molar-refractivity contribution in [3.05, 3.63) is 11.7 Å². The largest absolute Gasteiger partial charge is 0.338 e. The summed E-state index contributed by atoms with van der Waals surface area (Å²) in [5.74, 6) is 2.40. The fourth-order valence-electron chi connectivity index (χ4n) is 2.00. The van der Waals surface area contributed by atoms with Crippen LogP contribution in [0.15, 0.2) is 4.52 Å². The first-order valence-electron chi connectivity index (χ1n) is 5.96. The third-order valence-corrected chi connectivity index (χ3v) is 4.21. The highest BCUT2D eigenvalue weighted by Gasteiger charge is 2.15. The van der Waals surface area contributed by atoms with E-state index in [9.17, 15) is 0 Å². The molecular weight excluding hydrogens is 222 g/mol. The van der Waals surface area contributed by atoms with Crippen LogP contribution >= 0.6 is 11.8 Å². The van der Waals surface area contributed by atoms with Crippen molar-refractivity contribution in [1.82, 2.24) is 15.5 Å². The van der Waals surface area contributed by atoms with Gasteiger partial charge in [-0.25, -0.2) is 0 Å². The molecule has 0 atom stereocenters. The van der Waals surface area contributed by atoms with Crippen LogP contribution < -0.4 is 5.32 Å². The van der Waals surface area contributed by atoms with Crippen LogP contribution in [-0.2, 0) is 12.3 Å². The lowest BCUT2D eigenvalue weighted by Gasteiger charge is -2.19. The van der Waals surface area contributed by atoms with Crippen LogP contribution in [0, 0.1) is 0 Å². The van der Waals surface area contributed by atoms with E-state index < -0.39 is 0 Å². The predicted molar refractivity (Wildman–Crippen MR) is 65.2 cm³/mol. The van der Waals surface area contributed by atoms with E-state index in [4.69, 9.17) is 4.52 Å². The average Bonchev–Trinajstić information content (AvgIpc) is 2.76. The normalized spacial score (nSPS) is 17.8. The number of rotatable bonds is 5. The molecule has 1 aliphatic rings. The molecule has 16 heavy (non-hydrogen) atoms. The standard InChI is InChI=1S/C11H19N3OS/c1-12-7-11-13-10(14-15-11)8-16-9-5-3-2-4-6-9/h9,12H,2-8H2,1H3. The minimum absolute atomic E-state index is 0.654. The molecule has 1 aliphatic carbocycles. The lowest BCUT2D eigenvalue weighted by atomic mass is 10.0. The van der Waals surface area contributed by atoms with Gasteiger partial charge < -0.3 is 9.84 Å². The van der Waals surface area contributed by atoms with E-state index >= 15 is 0 Å². The van der Waals surface area contributed by atoms with Crippen LogP contribution in [0.4, 0.5) is 0 Å². The molecule has 0 amide bonds. The van der Waals surface area contributed by atoms with E-state index in [-0.39, 0.29) is 0 Å². The van der Waals surface area contributed by atoms with E-state index in [1.165, 1.54) is 32.1 Å². The molecule has 1 saturated carbocycles. The van der Waals surface area contributed by atoms with Crippen LogP contribution in [0.5, 0.6) is 0 Å². The minimum atomic E-state index is 0.654. The average molecular weight is 241 g/mol. The molecule has 0 unspecified atom stereocenters.